The number of carbonyl (C=O) groups is 3. The lowest BCUT2D eigenvalue weighted by Crippen LogP contribution is -2.40. The number of nitrogens with zero attached hydrogens (tertiary/aromatic N) is 1. The molecule has 0 aliphatic carbocycles. The third kappa shape index (κ3) is 4.95. The lowest BCUT2D eigenvalue weighted by Gasteiger charge is -2.28. The molecule has 24 heavy (non-hydrogen) atoms. The second-order valence-electron chi connectivity index (χ2n) is 5.06. The summed E-state index contributed by atoms with van der Waals surface area (Å²) < 4.78 is 15.0. The SMILES string of the molecule is COCCNC(=O)COC(=O)CCN1C(=O)COc2ccccc21. The second-order valence-corrected chi connectivity index (χ2v) is 5.06. The fraction of sp³-hybridized carbons (Fsp3) is 0.438. The Labute approximate surface area is 139 Å². The van der Waals surface area contributed by atoms with Crippen LogP contribution in [0, 0.1) is 0 Å². The Morgan fingerprint density at radius 3 is 2.92 bits per heavy atom. The zero-order valence-corrected chi connectivity index (χ0v) is 13.4. The third-order valence-electron chi connectivity index (χ3n) is 3.34. The zero-order valence-electron chi connectivity index (χ0n) is 13.4. The van der Waals surface area contributed by atoms with Crippen LogP contribution in [0.1, 0.15) is 6.42 Å². The van der Waals surface area contributed by atoms with Gasteiger partial charge in [-0.2, -0.15) is 0 Å². The molecule has 0 atom stereocenters. The highest BCUT2D eigenvalue weighted by Gasteiger charge is 2.25. The van der Waals surface area contributed by atoms with Crippen molar-refractivity contribution in [1.29, 1.82) is 0 Å². The molecule has 1 N–H and O–H groups in total. The Kier molecular flexibility index (Phi) is 6.56. The van der Waals surface area contributed by atoms with Gasteiger partial charge in [-0.1, -0.05) is 12.1 Å². The van der Waals surface area contributed by atoms with Gasteiger partial charge in [0.05, 0.1) is 18.7 Å². The van der Waals surface area contributed by atoms with E-state index in [2.05, 4.69) is 5.32 Å². The van der Waals surface area contributed by atoms with Crippen molar-refractivity contribution in [2.24, 2.45) is 0 Å². The first-order valence-electron chi connectivity index (χ1n) is 7.55. The number of methoxy groups -OCH3 is 1. The van der Waals surface area contributed by atoms with Crippen LogP contribution in [0.5, 0.6) is 5.75 Å². The van der Waals surface area contributed by atoms with E-state index in [0.717, 1.165) is 0 Å². The number of esters is 1. The van der Waals surface area contributed by atoms with Crippen LogP contribution in [0.3, 0.4) is 0 Å². The molecule has 0 radical (unpaired) electrons. The van der Waals surface area contributed by atoms with E-state index < -0.39 is 11.9 Å². The summed E-state index contributed by atoms with van der Waals surface area (Å²) in [5.41, 5.74) is 0.624. The summed E-state index contributed by atoms with van der Waals surface area (Å²) in [5, 5.41) is 2.54. The minimum Gasteiger partial charge on any atom is -0.482 e. The van der Waals surface area contributed by atoms with Crippen molar-refractivity contribution < 1.29 is 28.6 Å². The van der Waals surface area contributed by atoms with Gasteiger partial charge in [0.1, 0.15) is 5.75 Å². The molecule has 1 aromatic rings. The van der Waals surface area contributed by atoms with Crippen LogP contribution < -0.4 is 15.0 Å². The number of para-hydroxylation sites is 2. The lowest BCUT2D eigenvalue weighted by molar-refractivity contribution is -0.148. The van der Waals surface area contributed by atoms with Crippen LogP contribution in [0.2, 0.25) is 0 Å². The van der Waals surface area contributed by atoms with Crippen molar-refractivity contribution in [2.45, 2.75) is 6.42 Å². The van der Waals surface area contributed by atoms with Crippen molar-refractivity contribution in [1.82, 2.24) is 5.32 Å². The standard InChI is InChI=1S/C16H20N2O6/c1-22-9-7-17-14(19)10-24-16(21)6-8-18-12-4-2-3-5-13(12)23-11-15(18)20/h2-5H,6-11H2,1H3,(H,17,19). The summed E-state index contributed by atoms with van der Waals surface area (Å²) in [4.78, 5) is 36.6. The minimum atomic E-state index is -0.548. The van der Waals surface area contributed by atoms with Crippen molar-refractivity contribution in [3.05, 3.63) is 24.3 Å². The van der Waals surface area contributed by atoms with Gasteiger partial charge in [0.2, 0.25) is 0 Å². The summed E-state index contributed by atoms with van der Waals surface area (Å²) in [7, 11) is 1.53. The van der Waals surface area contributed by atoms with E-state index in [9.17, 15) is 14.4 Å². The third-order valence-corrected chi connectivity index (χ3v) is 3.34. The van der Waals surface area contributed by atoms with E-state index >= 15 is 0 Å². The first-order valence-corrected chi connectivity index (χ1v) is 7.55. The van der Waals surface area contributed by atoms with Gasteiger partial charge in [-0.3, -0.25) is 14.4 Å². The summed E-state index contributed by atoms with van der Waals surface area (Å²) in [6.07, 6.45) is -0.00851. The number of rotatable bonds is 8. The molecule has 0 fully saturated rings. The molecule has 1 aromatic carbocycles. The second kappa shape index (κ2) is 8.88. The monoisotopic (exact) mass is 336 g/mol. The molecule has 2 amide bonds. The summed E-state index contributed by atoms with van der Waals surface area (Å²) in [6, 6.07) is 7.11. The van der Waals surface area contributed by atoms with E-state index in [1.165, 1.54) is 12.0 Å². The maximum Gasteiger partial charge on any atom is 0.308 e. The molecule has 8 nitrogen and oxygen atoms in total. The quantitative estimate of drug-likeness (QED) is 0.535. The fourth-order valence-electron chi connectivity index (χ4n) is 2.16. The highest BCUT2D eigenvalue weighted by atomic mass is 16.5. The smallest absolute Gasteiger partial charge is 0.308 e. The van der Waals surface area contributed by atoms with Gasteiger partial charge in [-0.25, -0.2) is 0 Å². The molecule has 0 spiro atoms. The van der Waals surface area contributed by atoms with E-state index in [1.54, 1.807) is 18.2 Å². The number of hydrogen-bond acceptors (Lipinski definition) is 6. The first-order chi connectivity index (χ1) is 11.6. The molecular weight excluding hydrogens is 316 g/mol. The van der Waals surface area contributed by atoms with Gasteiger partial charge in [0.25, 0.3) is 11.8 Å². The van der Waals surface area contributed by atoms with Gasteiger partial charge in [0, 0.05) is 20.2 Å². The molecule has 1 aliphatic heterocycles. The molecule has 0 saturated carbocycles. The zero-order chi connectivity index (χ0) is 17.4. The minimum absolute atomic E-state index is 0.00851. The molecule has 1 heterocycles. The van der Waals surface area contributed by atoms with Crippen LogP contribution in [0.15, 0.2) is 24.3 Å². The van der Waals surface area contributed by atoms with Gasteiger partial charge in [-0.15, -0.1) is 0 Å². The number of benzene rings is 1. The van der Waals surface area contributed by atoms with E-state index in [1.807, 2.05) is 6.07 Å². The lowest BCUT2D eigenvalue weighted by atomic mass is 10.2. The normalized spacial score (nSPS) is 13.0. The van der Waals surface area contributed by atoms with Gasteiger partial charge in [-0.05, 0) is 12.1 Å². The number of hydrogen-bond donors (Lipinski definition) is 1. The average Bonchev–Trinajstić information content (AvgIpc) is 2.59. The van der Waals surface area contributed by atoms with Crippen LogP contribution in [-0.4, -0.2) is 57.8 Å². The Bertz CT molecular complexity index is 604. The molecule has 0 unspecified atom stereocenters. The highest BCUT2D eigenvalue weighted by molar-refractivity contribution is 5.98. The summed E-state index contributed by atoms with van der Waals surface area (Å²) >= 11 is 0. The Balaban J connectivity index is 1.77. The van der Waals surface area contributed by atoms with Gasteiger partial charge >= 0.3 is 5.97 Å². The van der Waals surface area contributed by atoms with Crippen molar-refractivity contribution in [3.8, 4) is 5.75 Å². The van der Waals surface area contributed by atoms with Gasteiger partial charge < -0.3 is 24.4 Å². The fourth-order valence-corrected chi connectivity index (χ4v) is 2.16. The molecule has 0 aromatic heterocycles. The first kappa shape index (κ1) is 17.7. The van der Waals surface area contributed by atoms with Crippen LogP contribution >= 0.6 is 0 Å². The van der Waals surface area contributed by atoms with Crippen molar-refractivity contribution >= 4 is 23.5 Å². The van der Waals surface area contributed by atoms with Gasteiger partial charge in [0.15, 0.2) is 13.2 Å². The average molecular weight is 336 g/mol. The maximum absolute atomic E-state index is 12.0. The number of anilines is 1. The number of fused-ring (bicyclic) bond motifs is 1. The summed E-state index contributed by atoms with van der Waals surface area (Å²) in [5.74, 6) is -0.566. The number of ether oxygens (including phenoxy) is 3. The van der Waals surface area contributed by atoms with Crippen molar-refractivity contribution in [3.63, 3.8) is 0 Å². The summed E-state index contributed by atoms with van der Waals surface area (Å²) in [6.45, 7) is 0.498. The molecule has 2 rings (SSSR count). The topological polar surface area (TPSA) is 94.2 Å². The predicted molar refractivity (Wildman–Crippen MR) is 84.8 cm³/mol. The molecule has 130 valence electrons. The number of carbonyl (C=O) groups excluding carboxylic acids is 3. The number of amides is 2. The Hall–Kier alpha value is -2.61. The highest BCUT2D eigenvalue weighted by Crippen LogP contribution is 2.31. The molecule has 0 saturated heterocycles. The predicted octanol–water partition coefficient (Wildman–Crippen LogP) is 0.108. The molecule has 1 aliphatic rings. The van der Waals surface area contributed by atoms with Crippen LogP contribution in [0.25, 0.3) is 0 Å². The van der Waals surface area contributed by atoms with E-state index in [-0.39, 0.29) is 32.1 Å². The van der Waals surface area contributed by atoms with Crippen LogP contribution in [-0.2, 0) is 23.9 Å². The van der Waals surface area contributed by atoms with E-state index in [4.69, 9.17) is 14.2 Å². The Morgan fingerprint density at radius 1 is 1.33 bits per heavy atom. The molecule has 8 heteroatoms. The molecular formula is C16H20N2O6. The van der Waals surface area contributed by atoms with Crippen LogP contribution in [0.4, 0.5) is 5.69 Å². The maximum atomic E-state index is 12.0. The largest absolute Gasteiger partial charge is 0.482 e. The molecule has 0 bridgehead atoms. The van der Waals surface area contributed by atoms with Crippen molar-refractivity contribution in [2.75, 3.05) is 44.9 Å². The van der Waals surface area contributed by atoms with E-state index in [0.29, 0.717) is 24.6 Å². The number of nitrogens with one attached hydrogen (secondary N) is 1. The Morgan fingerprint density at radius 2 is 2.12 bits per heavy atom.